The molecule has 2 rings (SSSR count). The minimum Gasteiger partial charge on any atom is -0.463 e. The molecule has 1 fully saturated rings. The highest BCUT2D eigenvalue weighted by atomic mass is 16.5. The maximum Gasteiger partial charge on any atom is 0.323 e. The first kappa shape index (κ1) is 15.2. The molecule has 9 nitrogen and oxygen atoms in total. The summed E-state index contributed by atoms with van der Waals surface area (Å²) >= 11 is 0. The van der Waals surface area contributed by atoms with Gasteiger partial charge in [-0.05, 0) is 26.2 Å². The van der Waals surface area contributed by atoms with E-state index in [-0.39, 0.29) is 23.8 Å². The van der Waals surface area contributed by atoms with Crippen LogP contribution in [0.5, 0.6) is 6.01 Å². The molecule has 0 radical (unpaired) electrons. The standard InChI is InChI=1S/C12H21N7O2/c1-3-6-21-12-17-10(16-11(18-12)19-13)14-7(2)9(20)15-8-4-5-8/h7-8H,3-6,13H2,1-2H3,(H,15,20)(H2,14,16,17,18,19). The second-order valence-electron chi connectivity index (χ2n) is 4.91. The second kappa shape index (κ2) is 7.02. The lowest BCUT2D eigenvalue weighted by Crippen LogP contribution is -2.39. The number of rotatable bonds is 8. The van der Waals surface area contributed by atoms with Crippen LogP contribution in [0.4, 0.5) is 11.9 Å². The zero-order valence-electron chi connectivity index (χ0n) is 12.2. The molecule has 1 heterocycles. The molecule has 1 amide bonds. The van der Waals surface area contributed by atoms with E-state index in [1.807, 2.05) is 6.92 Å². The van der Waals surface area contributed by atoms with E-state index in [4.69, 9.17) is 10.6 Å². The highest BCUT2D eigenvalue weighted by Crippen LogP contribution is 2.19. The first-order valence-electron chi connectivity index (χ1n) is 7.04. The zero-order valence-corrected chi connectivity index (χ0v) is 12.2. The Balaban J connectivity index is 2.00. The summed E-state index contributed by atoms with van der Waals surface area (Å²) in [5, 5.41) is 5.82. The fraction of sp³-hybridized carbons (Fsp3) is 0.667. The average molecular weight is 295 g/mol. The van der Waals surface area contributed by atoms with Crippen LogP contribution in [0, 0.1) is 0 Å². The normalized spacial score (nSPS) is 15.2. The van der Waals surface area contributed by atoms with Gasteiger partial charge in [-0.3, -0.25) is 10.2 Å². The lowest BCUT2D eigenvalue weighted by atomic mass is 10.3. The van der Waals surface area contributed by atoms with E-state index < -0.39 is 6.04 Å². The third-order valence-corrected chi connectivity index (χ3v) is 2.84. The van der Waals surface area contributed by atoms with Gasteiger partial charge in [0.05, 0.1) is 6.61 Å². The molecule has 1 aromatic rings. The summed E-state index contributed by atoms with van der Waals surface area (Å²) in [6, 6.07) is 0.0135. The van der Waals surface area contributed by atoms with Crippen LogP contribution < -0.4 is 26.6 Å². The lowest BCUT2D eigenvalue weighted by molar-refractivity contribution is -0.121. The summed E-state index contributed by atoms with van der Waals surface area (Å²) in [7, 11) is 0. The Morgan fingerprint density at radius 1 is 1.38 bits per heavy atom. The highest BCUT2D eigenvalue weighted by Gasteiger charge is 2.26. The molecule has 1 unspecified atom stereocenters. The number of nitrogen functional groups attached to an aromatic ring is 1. The van der Waals surface area contributed by atoms with Crippen molar-refractivity contribution in [2.75, 3.05) is 17.3 Å². The number of hydrogen-bond donors (Lipinski definition) is 4. The van der Waals surface area contributed by atoms with Crippen molar-refractivity contribution in [2.45, 2.75) is 45.2 Å². The van der Waals surface area contributed by atoms with E-state index in [0.29, 0.717) is 12.6 Å². The largest absolute Gasteiger partial charge is 0.463 e. The number of hydrazine groups is 1. The van der Waals surface area contributed by atoms with Gasteiger partial charge in [0, 0.05) is 6.04 Å². The number of hydrogen-bond acceptors (Lipinski definition) is 8. The predicted octanol–water partition coefficient (Wildman–Crippen LogP) is 0.0250. The smallest absolute Gasteiger partial charge is 0.323 e. The Morgan fingerprint density at radius 2 is 2.10 bits per heavy atom. The van der Waals surface area contributed by atoms with Crippen LogP contribution >= 0.6 is 0 Å². The van der Waals surface area contributed by atoms with E-state index in [1.165, 1.54) is 0 Å². The quantitative estimate of drug-likeness (QED) is 0.390. The van der Waals surface area contributed by atoms with Crippen molar-refractivity contribution < 1.29 is 9.53 Å². The van der Waals surface area contributed by atoms with Gasteiger partial charge in [0.25, 0.3) is 0 Å². The number of nitrogens with one attached hydrogen (secondary N) is 3. The molecule has 0 spiro atoms. The molecule has 5 N–H and O–H groups in total. The first-order valence-corrected chi connectivity index (χ1v) is 7.04. The van der Waals surface area contributed by atoms with Crippen LogP contribution in [-0.4, -0.2) is 39.5 Å². The van der Waals surface area contributed by atoms with Crippen LogP contribution in [0.3, 0.4) is 0 Å². The van der Waals surface area contributed by atoms with E-state index >= 15 is 0 Å². The van der Waals surface area contributed by atoms with Gasteiger partial charge in [-0.25, -0.2) is 5.84 Å². The average Bonchev–Trinajstić information content (AvgIpc) is 3.28. The minimum absolute atomic E-state index is 0.0869. The van der Waals surface area contributed by atoms with Crippen LogP contribution in [0.15, 0.2) is 0 Å². The third kappa shape index (κ3) is 4.71. The van der Waals surface area contributed by atoms with Crippen molar-refractivity contribution in [3.8, 4) is 6.01 Å². The van der Waals surface area contributed by atoms with Gasteiger partial charge in [-0.15, -0.1) is 0 Å². The fourth-order valence-corrected chi connectivity index (χ4v) is 1.56. The van der Waals surface area contributed by atoms with E-state index in [9.17, 15) is 4.79 Å². The summed E-state index contributed by atoms with van der Waals surface area (Å²) in [5.41, 5.74) is 2.35. The fourth-order valence-electron chi connectivity index (χ4n) is 1.56. The van der Waals surface area contributed by atoms with E-state index in [0.717, 1.165) is 19.3 Å². The van der Waals surface area contributed by atoms with Crippen molar-refractivity contribution in [3.63, 3.8) is 0 Å². The summed E-state index contributed by atoms with van der Waals surface area (Å²) in [4.78, 5) is 24.0. The van der Waals surface area contributed by atoms with Crippen LogP contribution in [-0.2, 0) is 4.79 Å². The maximum atomic E-state index is 11.9. The van der Waals surface area contributed by atoms with E-state index in [2.05, 4.69) is 31.0 Å². The van der Waals surface area contributed by atoms with Crippen molar-refractivity contribution in [2.24, 2.45) is 5.84 Å². The van der Waals surface area contributed by atoms with Crippen molar-refractivity contribution in [1.82, 2.24) is 20.3 Å². The first-order chi connectivity index (χ1) is 10.1. The number of nitrogens with two attached hydrogens (primary N) is 1. The van der Waals surface area contributed by atoms with Gasteiger partial charge in [-0.2, -0.15) is 15.0 Å². The number of carbonyl (C=O) groups is 1. The molecule has 21 heavy (non-hydrogen) atoms. The molecular formula is C12H21N7O2. The van der Waals surface area contributed by atoms with Crippen LogP contribution in [0.1, 0.15) is 33.1 Å². The van der Waals surface area contributed by atoms with Crippen molar-refractivity contribution in [3.05, 3.63) is 0 Å². The molecule has 0 saturated heterocycles. The topological polar surface area (TPSA) is 127 Å². The zero-order chi connectivity index (χ0) is 15.2. The number of anilines is 2. The lowest BCUT2D eigenvalue weighted by Gasteiger charge is -2.14. The Labute approximate surface area is 123 Å². The van der Waals surface area contributed by atoms with Gasteiger partial charge in [0.15, 0.2) is 0 Å². The molecule has 116 valence electrons. The monoisotopic (exact) mass is 295 g/mol. The molecule has 1 aromatic heterocycles. The number of aromatic nitrogens is 3. The van der Waals surface area contributed by atoms with Gasteiger partial charge in [0.2, 0.25) is 17.8 Å². The SMILES string of the molecule is CCCOc1nc(NN)nc(NC(C)C(=O)NC2CC2)n1. The molecule has 0 bridgehead atoms. The summed E-state index contributed by atoms with van der Waals surface area (Å²) in [6.45, 7) is 4.21. The van der Waals surface area contributed by atoms with Gasteiger partial charge in [-0.1, -0.05) is 6.92 Å². The predicted molar refractivity (Wildman–Crippen MR) is 77.7 cm³/mol. The van der Waals surface area contributed by atoms with Gasteiger partial charge in [0.1, 0.15) is 6.04 Å². The summed E-state index contributed by atoms with van der Waals surface area (Å²) in [6.07, 6.45) is 2.92. The molecule has 1 atom stereocenters. The maximum absolute atomic E-state index is 11.9. The summed E-state index contributed by atoms with van der Waals surface area (Å²) in [5.74, 6) is 5.64. The molecule has 1 aliphatic rings. The number of ether oxygens (including phenoxy) is 1. The highest BCUT2D eigenvalue weighted by molar-refractivity contribution is 5.84. The van der Waals surface area contributed by atoms with Crippen molar-refractivity contribution >= 4 is 17.8 Å². The molecule has 0 aromatic carbocycles. The Kier molecular flexibility index (Phi) is 5.09. The number of amides is 1. The molecule has 1 saturated carbocycles. The summed E-state index contributed by atoms with van der Waals surface area (Å²) < 4.78 is 5.36. The van der Waals surface area contributed by atoms with Crippen LogP contribution in [0.25, 0.3) is 0 Å². The van der Waals surface area contributed by atoms with Gasteiger partial charge >= 0.3 is 6.01 Å². The molecular weight excluding hydrogens is 274 g/mol. The van der Waals surface area contributed by atoms with Crippen molar-refractivity contribution in [1.29, 1.82) is 0 Å². The minimum atomic E-state index is -0.461. The molecule has 9 heteroatoms. The van der Waals surface area contributed by atoms with E-state index in [1.54, 1.807) is 6.92 Å². The third-order valence-electron chi connectivity index (χ3n) is 2.84. The Morgan fingerprint density at radius 3 is 2.71 bits per heavy atom. The van der Waals surface area contributed by atoms with Crippen LogP contribution in [0.2, 0.25) is 0 Å². The second-order valence-corrected chi connectivity index (χ2v) is 4.91. The molecule has 1 aliphatic carbocycles. The Bertz CT molecular complexity index is 492. The molecule has 0 aliphatic heterocycles. The van der Waals surface area contributed by atoms with Gasteiger partial charge < -0.3 is 15.4 Å². The number of nitrogens with zero attached hydrogens (tertiary/aromatic N) is 3. The number of carbonyl (C=O) groups excluding carboxylic acids is 1. The Hall–Kier alpha value is -2.16.